The second-order valence-electron chi connectivity index (χ2n) is 8.59. The van der Waals surface area contributed by atoms with Crippen LogP contribution in [0.25, 0.3) is 33.5 Å². The SMILES string of the molecule is O=C(Cc1cc(-c2ccccc2)no1)Nc1ccc(-c2cc3c(N4CCOCC4)ncnc3[nH]2)cc1. The number of nitrogens with zero attached hydrogens (tertiary/aromatic N) is 4. The molecule has 0 radical (unpaired) electrons. The summed E-state index contributed by atoms with van der Waals surface area (Å²) >= 11 is 0. The molecule has 1 aliphatic rings. The summed E-state index contributed by atoms with van der Waals surface area (Å²) in [4.78, 5) is 27.1. The Kier molecular flexibility index (Phi) is 5.88. The largest absolute Gasteiger partial charge is 0.378 e. The lowest BCUT2D eigenvalue weighted by atomic mass is 10.1. The molecule has 6 rings (SSSR count). The number of nitrogens with one attached hydrogen (secondary N) is 2. The van der Waals surface area contributed by atoms with Crippen molar-refractivity contribution in [3.63, 3.8) is 0 Å². The Morgan fingerprint density at radius 1 is 0.972 bits per heavy atom. The molecule has 0 bridgehead atoms. The predicted molar refractivity (Wildman–Crippen MR) is 137 cm³/mol. The number of aromatic nitrogens is 4. The summed E-state index contributed by atoms with van der Waals surface area (Å²) in [6, 6.07) is 21.3. The fraction of sp³-hybridized carbons (Fsp3) is 0.185. The van der Waals surface area contributed by atoms with Crippen LogP contribution in [-0.2, 0) is 16.0 Å². The molecule has 1 amide bonds. The van der Waals surface area contributed by atoms with Crippen molar-refractivity contribution in [1.29, 1.82) is 0 Å². The Morgan fingerprint density at radius 2 is 1.78 bits per heavy atom. The van der Waals surface area contributed by atoms with Gasteiger partial charge in [0, 0.05) is 36.1 Å². The molecule has 180 valence electrons. The molecule has 1 saturated heterocycles. The smallest absolute Gasteiger partial charge is 0.232 e. The summed E-state index contributed by atoms with van der Waals surface area (Å²) < 4.78 is 10.8. The van der Waals surface area contributed by atoms with Crippen molar-refractivity contribution >= 4 is 28.4 Å². The average molecular weight is 481 g/mol. The van der Waals surface area contributed by atoms with Crippen LogP contribution in [0.3, 0.4) is 0 Å². The highest BCUT2D eigenvalue weighted by atomic mass is 16.5. The van der Waals surface area contributed by atoms with E-state index in [0.717, 1.165) is 46.8 Å². The van der Waals surface area contributed by atoms with E-state index in [2.05, 4.69) is 36.4 Å². The number of hydrogen-bond acceptors (Lipinski definition) is 7. The lowest BCUT2D eigenvalue weighted by molar-refractivity contribution is -0.115. The highest BCUT2D eigenvalue weighted by molar-refractivity contribution is 5.93. The van der Waals surface area contributed by atoms with Crippen LogP contribution in [0.2, 0.25) is 0 Å². The number of ether oxygens (including phenoxy) is 1. The number of H-pyrrole nitrogens is 1. The Labute approximate surface area is 207 Å². The Hall–Kier alpha value is -4.50. The first-order valence-corrected chi connectivity index (χ1v) is 11.8. The van der Waals surface area contributed by atoms with Gasteiger partial charge >= 0.3 is 0 Å². The van der Waals surface area contributed by atoms with E-state index < -0.39 is 0 Å². The van der Waals surface area contributed by atoms with E-state index in [1.807, 2.05) is 54.6 Å². The van der Waals surface area contributed by atoms with E-state index in [1.165, 1.54) is 0 Å². The maximum atomic E-state index is 12.6. The van der Waals surface area contributed by atoms with Gasteiger partial charge in [-0.25, -0.2) is 9.97 Å². The number of aromatic amines is 1. The molecular formula is C27H24N6O3. The average Bonchev–Trinajstić information content (AvgIpc) is 3.57. The molecule has 9 heteroatoms. The number of hydrogen-bond donors (Lipinski definition) is 2. The maximum Gasteiger partial charge on any atom is 0.232 e. The monoisotopic (exact) mass is 480 g/mol. The van der Waals surface area contributed by atoms with Crippen molar-refractivity contribution in [2.75, 3.05) is 36.5 Å². The van der Waals surface area contributed by atoms with Crippen LogP contribution in [0, 0.1) is 0 Å². The van der Waals surface area contributed by atoms with Gasteiger partial charge in [0.1, 0.15) is 29.2 Å². The zero-order chi connectivity index (χ0) is 24.3. The number of benzene rings is 2. The van der Waals surface area contributed by atoms with Crippen molar-refractivity contribution in [3.8, 4) is 22.5 Å². The lowest BCUT2D eigenvalue weighted by Gasteiger charge is -2.27. The fourth-order valence-electron chi connectivity index (χ4n) is 4.35. The standard InChI is InChI=1S/C27H24N6O3/c34-25(15-21-14-24(32-36-21)18-4-2-1-3-5-18)30-20-8-6-19(7-9-20)23-16-22-26(31-23)28-17-29-27(22)33-10-12-35-13-11-33/h1-9,14,16-17H,10-13,15H2,(H,30,34)(H,28,29,31). The zero-order valence-corrected chi connectivity index (χ0v) is 19.5. The molecular weight excluding hydrogens is 456 g/mol. The van der Waals surface area contributed by atoms with Gasteiger partial charge in [0.2, 0.25) is 5.91 Å². The number of morpholine rings is 1. The molecule has 36 heavy (non-hydrogen) atoms. The summed E-state index contributed by atoms with van der Waals surface area (Å²) in [6.07, 6.45) is 1.69. The van der Waals surface area contributed by atoms with Gasteiger partial charge in [-0.2, -0.15) is 0 Å². The molecule has 0 saturated carbocycles. The summed E-state index contributed by atoms with van der Waals surface area (Å²) in [5.74, 6) is 1.25. The number of fused-ring (bicyclic) bond motifs is 1. The molecule has 3 aromatic heterocycles. The first kappa shape index (κ1) is 22.0. The molecule has 1 aliphatic heterocycles. The van der Waals surface area contributed by atoms with Crippen molar-refractivity contribution in [3.05, 3.63) is 78.8 Å². The minimum Gasteiger partial charge on any atom is -0.378 e. The second kappa shape index (κ2) is 9.63. The van der Waals surface area contributed by atoms with Crippen LogP contribution in [0.15, 0.2) is 77.6 Å². The lowest BCUT2D eigenvalue weighted by Crippen LogP contribution is -2.36. The van der Waals surface area contributed by atoms with Crippen LogP contribution in [-0.4, -0.2) is 52.3 Å². The third-order valence-corrected chi connectivity index (χ3v) is 6.16. The molecule has 5 aromatic rings. The van der Waals surface area contributed by atoms with Crippen molar-refractivity contribution in [2.45, 2.75) is 6.42 Å². The number of carbonyl (C=O) groups excluding carboxylic acids is 1. The number of amides is 1. The molecule has 2 N–H and O–H groups in total. The van der Waals surface area contributed by atoms with Crippen molar-refractivity contribution in [1.82, 2.24) is 20.1 Å². The molecule has 0 spiro atoms. The second-order valence-corrected chi connectivity index (χ2v) is 8.59. The number of anilines is 2. The summed E-state index contributed by atoms with van der Waals surface area (Å²) in [7, 11) is 0. The van der Waals surface area contributed by atoms with Gasteiger partial charge in [0.05, 0.1) is 25.0 Å². The third kappa shape index (κ3) is 4.56. The predicted octanol–water partition coefficient (Wildman–Crippen LogP) is 4.30. The summed E-state index contributed by atoms with van der Waals surface area (Å²) in [5, 5.41) is 7.97. The van der Waals surface area contributed by atoms with Gasteiger partial charge in [-0.1, -0.05) is 47.6 Å². The topological polar surface area (TPSA) is 109 Å². The van der Waals surface area contributed by atoms with Gasteiger partial charge in [-0.3, -0.25) is 4.79 Å². The van der Waals surface area contributed by atoms with Crippen molar-refractivity contribution in [2.24, 2.45) is 0 Å². The molecule has 0 aliphatic carbocycles. The Balaban J connectivity index is 1.14. The normalized spacial score (nSPS) is 13.7. The summed E-state index contributed by atoms with van der Waals surface area (Å²) in [6.45, 7) is 3.01. The van der Waals surface area contributed by atoms with Gasteiger partial charge in [-0.15, -0.1) is 0 Å². The molecule has 2 aromatic carbocycles. The van der Waals surface area contributed by atoms with E-state index >= 15 is 0 Å². The van der Waals surface area contributed by atoms with Gasteiger partial charge in [-0.05, 0) is 23.8 Å². The van der Waals surface area contributed by atoms with Gasteiger partial charge in [0.25, 0.3) is 0 Å². The summed E-state index contributed by atoms with van der Waals surface area (Å²) in [5.41, 5.74) is 5.08. The highest BCUT2D eigenvalue weighted by Crippen LogP contribution is 2.29. The van der Waals surface area contributed by atoms with Crippen LogP contribution >= 0.6 is 0 Å². The zero-order valence-electron chi connectivity index (χ0n) is 19.5. The first-order valence-electron chi connectivity index (χ1n) is 11.8. The van der Waals surface area contributed by atoms with E-state index in [0.29, 0.717) is 30.4 Å². The van der Waals surface area contributed by atoms with Gasteiger partial charge in [0.15, 0.2) is 0 Å². The van der Waals surface area contributed by atoms with E-state index in [-0.39, 0.29) is 12.3 Å². The van der Waals surface area contributed by atoms with Crippen LogP contribution < -0.4 is 10.2 Å². The van der Waals surface area contributed by atoms with Crippen LogP contribution in [0.4, 0.5) is 11.5 Å². The Bertz CT molecular complexity index is 1490. The highest BCUT2D eigenvalue weighted by Gasteiger charge is 2.18. The first-order chi connectivity index (χ1) is 17.7. The Morgan fingerprint density at radius 3 is 2.58 bits per heavy atom. The molecule has 9 nitrogen and oxygen atoms in total. The van der Waals surface area contributed by atoms with Gasteiger partial charge < -0.3 is 24.5 Å². The minimum atomic E-state index is -0.172. The quantitative estimate of drug-likeness (QED) is 0.373. The fourth-order valence-corrected chi connectivity index (χ4v) is 4.35. The molecule has 0 unspecified atom stereocenters. The van der Waals surface area contributed by atoms with Crippen LogP contribution in [0.5, 0.6) is 0 Å². The van der Waals surface area contributed by atoms with Crippen molar-refractivity contribution < 1.29 is 14.1 Å². The molecule has 4 heterocycles. The van der Waals surface area contributed by atoms with E-state index in [9.17, 15) is 4.79 Å². The van der Waals surface area contributed by atoms with E-state index in [4.69, 9.17) is 9.26 Å². The third-order valence-electron chi connectivity index (χ3n) is 6.16. The number of rotatable bonds is 6. The molecule has 0 atom stereocenters. The minimum absolute atomic E-state index is 0.104. The van der Waals surface area contributed by atoms with E-state index in [1.54, 1.807) is 12.4 Å². The van der Waals surface area contributed by atoms with Crippen LogP contribution in [0.1, 0.15) is 5.76 Å². The molecule has 1 fully saturated rings. The number of carbonyl (C=O) groups is 1. The maximum absolute atomic E-state index is 12.6.